The quantitative estimate of drug-likeness (QED) is 0.689. The average Bonchev–Trinajstić information content (AvgIpc) is 2.82. The van der Waals surface area contributed by atoms with Crippen LogP contribution in [-0.2, 0) is 6.54 Å². The zero-order valence-electron chi connectivity index (χ0n) is 10.2. The van der Waals surface area contributed by atoms with Crippen molar-refractivity contribution in [3.05, 3.63) is 47.5 Å². The maximum absolute atomic E-state index is 5.81. The lowest BCUT2D eigenvalue weighted by atomic mass is 10.2. The molecule has 0 aliphatic rings. The zero-order chi connectivity index (χ0) is 13.2. The number of hydrogen-bond acceptors (Lipinski definition) is 4. The lowest BCUT2D eigenvalue weighted by Crippen LogP contribution is -2.02. The maximum atomic E-state index is 5.81. The number of rotatable bonds is 3. The molecule has 2 aromatic heterocycles. The molecule has 1 aromatic carbocycles. The number of fused-ring (bicyclic) bond motifs is 1. The first-order chi connectivity index (χ1) is 9.26. The highest BCUT2D eigenvalue weighted by atomic mass is 35.5. The Morgan fingerprint density at radius 3 is 2.74 bits per heavy atom. The van der Waals surface area contributed by atoms with Crippen molar-refractivity contribution in [2.24, 2.45) is 0 Å². The SMILES string of the molecule is COc1ccc(Cn2ncc3cnc(Cl)nc32)cc1. The van der Waals surface area contributed by atoms with Crippen LogP contribution in [0, 0.1) is 0 Å². The molecule has 0 fully saturated rings. The van der Waals surface area contributed by atoms with E-state index in [1.165, 1.54) is 0 Å². The van der Waals surface area contributed by atoms with E-state index >= 15 is 0 Å². The van der Waals surface area contributed by atoms with Crippen molar-refractivity contribution in [2.45, 2.75) is 6.54 Å². The Kier molecular flexibility index (Phi) is 3.05. The predicted molar refractivity (Wildman–Crippen MR) is 72.4 cm³/mol. The van der Waals surface area contributed by atoms with Crippen LogP contribution < -0.4 is 4.74 Å². The van der Waals surface area contributed by atoms with Gasteiger partial charge in [-0.25, -0.2) is 9.67 Å². The van der Waals surface area contributed by atoms with Crippen LogP contribution in [0.4, 0.5) is 0 Å². The van der Waals surface area contributed by atoms with E-state index in [2.05, 4.69) is 15.1 Å². The van der Waals surface area contributed by atoms with Gasteiger partial charge < -0.3 is 4.74 Å². The topological polar surface area (TPSA) is 52.8 Å². The minimum atomic E-state index is 0.226. The normalized spacial score (nSPS) is 10.8. The third-order valence-corrected chi connectivity index (χ3v) is 3.02. The summed E-state index contributed by atoms with van der Waals surface area (Å²) in [5.74, 6) is 0.833. The lowest BCUT2D eigenvalue weighted by molar-refractivity contribution is 0.414. The fourth-order valence-corrected chi connectivity index (χ4v) is 1.99. The van der Waals surface area contributed by atoms with Gasteiger partial charge in [-0.3, -0.25) is 0 Å². The van der Waals surface area contributed by atoms with E-state index in [0.29, 0.717) is 6.54 Å². The van der Waals surface area contributed by atoms with Gasteiger partial charge in [-0.2, -0.15) is 10.1 Å². The molecule has 5 nitrogen and oxygen atoms in total. The first-order valence-corrected chi connectivity index (χ1v) is 6.11. The number of halogens is 1. The molecule has 0 saturated carbocycles. The molecule has 0 atom stereocenters. The van der Waals surface area contributed by atoms with Crippen LogP contribution in [0.25, 0.3) is 11.0 Å². The summed E-state index contributed by atoms with van der Waals surface area (Å²) in [6, 6.07) is 7.83. The lowest BCUT2D eigenvalue weighted by Gasteiger charge is -2.04. The first-order valence-electron chi connectivity index (χ1n) is 5.73. The van der Waals surface area contributed by atoms with Gasteiger partial charge >= 0.3 is 0 Å². The van der Waals surface area contributed by atoms with E-state index in [0.717, 1.165) is 22.3 Å². The summed E-state index contributed by atoms with van der Waals surface area (Å²) < 4.78 is 6.93. The van der Waals surface area contributed by atoms with Gasteiger partial charge in [0.2, 0.25) is 5.28 Å². The van der Waals surface area contributed by atoms with Crippen molar-refractivity contribution in [2.75, 3.05) is 7.11 Å². The fourth-order valence-electron chi connectivity index (χ4n) is 1.87. The van der Waals surface area contributed by atoms with Gasteiger partial charge in [-0.15, -0.1) is 0 Å². The average molecular weight is 275 g/mol. The molecule has 2 heterocycles. The molecule has 0 spiro atoms. The molecule has 3 aromatic rings. The largest absolute Gasteiger partial charge is 0.497 e. The van der Waals surface area contributed by atoms with Crippen LogP contribution in [0.5, 0.6) is 5.75 Å². The molecule has 0 bridgehead atoms. The van der Waals surface area contributed by atoms with Gasteiger partial charge in [0.15, 0.2) is 5.65 Å². The smallest absolute Gasteiger partial charge is 0.224 e. The summed E-state index contributed by atoms with van der Waals surface area (Å²) in [7, 11) is 1.65. The molecule has 6 heteroatoms. The first kappa shape index (κ1) is 11.9. The Labute approximate surface area is 114 Å². The van der Waals surface area contributed by atoms with Gasteiger partial charge in [0.1, 0.15) is 5.75 Å². The Morgan fingerprint density at radius 2 is 2.00 bits per heavy atom. The Hall–Kier alpha value is -2.14. The second kappa shape index (κ2) is 4.85. The minimum absolute atomic E-state index is 0.226. The van der Waals surface area contributed by atoms with Gasteiger partial charge in [-0.1, -0.05) is 12.1 Å². The molecule has 0 aliphatic carbocycles. The summed E-state index contributed by atoms with van der Waals surface area (Å²) in [6.07, 6.45) is 3.40. The minimum Gasteiger partial charge on any atom is -0.497 e. The molecule has 0 unspecified atom stereocenters. The summed E-state index contributed by atoms with van der Waals surface area (Å²) in [5.41, 5.74) is 1.84. The van der Waals surface area contributed by atoms with Gasteiger partial charge in [0.25, 0.3) is 0 Å². The van der Waals surface area contributed by atoms with Crippen molar-refractivity contribution in [3.8, 4) is 5.75 Å². The zero-order valence-corrected chi connectivity index (χ0v) is 11.0. The molecular formula is C13H11ClN4O. The summed E-state index contributed by atoms with van der Waals surface area (Å²) in [4.78, 5) is 8.13. The van der Waals surface area contributed by atoms with E-state index in [1.54, 1.807) is 24.2 Å². The second-order valence-electron chi connectivity index (χ2n) is 4.07. The third kappa shape index (κ3) is 2.37. The highest BCUT2D eigenvalue weighted by Gasteiger charge is 2.06. The van der Waals surface area contributed by atoms with Crippen molar-refractivity contribution < 1.29 is 4.74 Å². The summed E-state index contributed by atoms with van der Waals surface area (Å²) >= 11 is 5.81. The van der Waals surface area contributed by atoms with Gasteiger partial charge in [-0.05, 0) is 29.3 Å². The van der Waals surface area contributed by atoms with E-state index in [9.17, 15) is 0 Å². The molecule has 0 amide bonds. The molecule has 3 rings (SSSR count). The number of hydrogen-bond donors (Lipinski definition) is 0. The molecule has 0 saturated heterocycles. The van der Waals surface area contributed by atoms with Crippen LogP contribution in [0.15, 0.2) is 36.7 Å². The fraction of sp³-hybridized carbons (Fsp3) is 0.154. The second-order valence-corrected chi connectivity index (χ2v) is 4.41. The predicted octanol–water partition coefficient (Wildman–Crippen LogP) is 2.54. The van der Waals surface area contributed by atoms with Crippen molar-refractivity contribution in [3.63, 3.8) is 0 Å². The van der Waals surface area contributed by atoms with E-state index in [1.807, 2.05) is 24.3 Å². The standard InChI is InChI=1S/C13H11ClN4O/c1-19-11-4-2-9(3-5-11)8-18-12-10(7-16-18)6-15-13(14)17-12/h2-7H,8H2,1H3. The van der Waals surface area contributed by atoms with Crippen molar-refractivity contribution in [1.29, 1.82) is 0 Å². The van der Waals surface area contributed by atoms with Crippen LogP contribution in [-0.4, -0.2) is 26.9 Å². The molecule has 19 heavy (non-hydrogen) atoms. The van der Waals surface area contributed by atoms with Gasteiger partial charge in [0, 0.05) is 6.20 Å². The Bertz CT molecular complexity index is 708. The number of aromatic nitrogens is 4. The Morgan fingerprint density at radius 1 is 1.21 bits per heavy atom. The van der Waals surface area contributed by atoms with Crippen molar-refractivity contribution >= 4 is 22.6 Å². The summed E-state index contributed by atoms with van der Waals surface area (Å²) in [5, 5.41) is 5.40. The molecule has 0 aliphatic heterocycles. The third-order valence-electron chi connectivity index (χ3n) is 2.84. The van der Waals surface area contributed by atoms with Crippen LogP contribution in [0.3, 0.4) is 0 Å². The van der Waals surface area contributed by atoms with Crippen LogP contribution in [0.1, 0.15) is 5.56 Å². The van der Waals surface area contributed by atoms with E-state index in [-0.39, 0.29) is 5.28 Å². The number of methoxy groups -OCH3 is 1. The number of nitrogens with zero attached hydrogens (tertiary/aromatic N) is 4. The monoisotopic (exact) mass is 274 g/mol. The van der Waals surface area contributed by atoms with E-state index < -0.39 is 0 Å². The molecule has 0 radical (unpaired) electrons. The number of benzene rings is 1. The Balaban J connectivity index is 1.93. The van der Waals surface area contributed by atoms with Crippen LogP contribution >= 0.6 is 11.6 Å². The number of ether oxygens (including phenoxy) is 1. The highest BCUT2D eigenvalue weighted by molar-refractivity contribution is 6.28. The van der Waals surface area contributed by atoms with E-state index in [4.69, 9.17) is 16.3 Å². The highest BCUT2D eigenvalue weighted by Crippen LogP contribution is 2.16. The molecular weight excluding hydrogens is 264 g/mol. The molecule has 96 valence electrons. The summed E-state index contributed by atoms with van der Waals surface area (Å²) in [6.45, 7) is 0.626. The van der Waals surface area contributed by atoms with Gasteiger partial charge in [0.05, 0.1) is 25.2 Å². The van der Waals surface area contributed by atoms with Crippen LogP contribution in [0.2, 0.25) is 5.28 Å². The maximum Gasteiger partial charge on any atom is 0.224 e. The van der Waals surface area contributed by atoms with Crippen molar-refractivity contribution in [1.82, 2.24) is 19.7 Å². The molecule has 0 N–H and O–H groups in total.